The number of hydrogen-bond donors (Lipinski definition) is 1. The second kappa shape index (κ2) is 6.24. The number of carbonyl (C=O) groups excluding carboxylic acids is 1. The summed E-state index contributed by atoms with van der Waals surface area (Å²) in [6.45, 7) is 8.80. The Kier molecular flexibility index (Phi) is 5.26. The summed E-state index contributed by atoms with van der Waals surface area (Å²) in [7, 11) is 0. The predicted molar refractivity (Wildman–Crippen MR) is 67.0 cm³/mol. The lowest BCUT2D eigenvalue weighted by Crippen LogP contribution is -2.38. The molecule has 1 amide bonds. The van der Waals surface area contributed by atoms with Gasteiger partial charge in [0.25, 0.3) is 0 Å². The van der Waals surface area contributed by atoms with Gasteiger partial charge in [0, 0.05) is 25.6 Å². The summed E-state index contributed by atoms with van der Waals surface area (Å²) in [5.74, 6) is 1.75. The van der Waals surface area contributed by atoms with Crippen molar-refractivity contribution in [3.8, 4) is 0 Å². The van der Waals surface area contributed by atoms with Crippen molar-refractivity contribution < 1.29 is 4.79 Å². The van der Waals surface area contributed by atoms with Crippen LogP contribution in [0.2, 0.25) is 0 Å². The van der Waals surface area contributed by atoms with Crippen LogP contribution in [0.5, 0.6) is 0 Å². The summed E-state index contributed by atoms with van der Waals surface area (Å²) in [4.78, 5) is 14.0. The third-order valence-corrected chi connectivity index (χ3v) is 3.80. The second-order valence-electron chi connectivity index (χ2n) is 5.40. The zero-order chi connectivity index (χ0) is 12.1. The first-order chi connectivity index (χ1) is 7.56. The molecule has 0 aromatic rings. The van der Waals surface area contributed by atoms with Gasteiger partial charge in [-0.15, -0.1) is 0 Å². The molecule has 0 saturated carbocycles. The first-order valence-electron chi connectivity index (χ1n) is 6.55. The predicted octanol–water partition coefficient (Wildman–Crippen LogP) is 1.87. The van der Waals surface area contributed by atoms with Gasteiger partial charge >= 0.3 is 0 Å². The van der Waals surface area contributed by atoms with Crippen LogP contribution in [0.3, 0.4) is 0 Å². The number of hydrogen-bond acceptors (Lipinski definition) is 2. The van der Waals surface area contributed by atoms with Crippen LogP contribution < -0.4 is 5.73 Å². The van der Waals surface area contributed by atoms with E-state index in [2.05, 4.69) is 13.8 Å². The van der Waals surface area contributed by atoms with E-state index in [1.807, 2.05) is 11.8 Å². The highest BCUT2D eigenvalue weighted by Gasteiger charge is 2.24. The summed E-state index contributed by atoms with van der Waals surface area (Å²) >= 11 is 0. The van der Waals surface area contributed by atoms with Crippen molar-refractivity contribution in [3.63, 3.8) is 0 Å². The van der Waals surface area contributed by atoms with Crippen LogP contribution in [0, 0.1) is 17.8 Å². The van der Waals surface area contributed by atoms with E-state index in [9.17, 15) is 4.79 Å². The molecular formula is C13H26N2O. The Morgan fingerprint density at radius 3 is 2.56 bits per heavy atom. The Labute approximate surface area is 99.4 Å². The van der Waals surface area contributed by atoms with Crippen molar-refractivity contribution in [1.29, 1.82) is 0 Å². The molecule has 1 saturated heterocycles. The van der Waals surface area contributed by atoms with Crippen LogP contribution in [0.1, 0.15) is 40.0 Å². The van der Waals surface area contributed by atoms with Crippen LogP contribution in [-0.4, -0.2) is 30.4 Å². The van der Waals surface area contributed by atoms with Crippen LogP contribution >= 0.6 is 0 Å². The van der Waals surface area contributed by atoms with E-state index in [0.29, 0.717) is 6.54 Å². The molecule has 16 heavy (non-hydrogen) atoms. The van der Waals surface area contributed by atoms with Crippen molar-refractivity contribution >= 4 is 5.91 Å². The van der Waals surface area contributed by atoms with Gasteiger partial charge in [0.2, 0.25) is 5.91 Å². The second-order valence-corrected chi connectivity index (χ2v) is 5.40. The van der Waals surface area contributed by atoms with Gasteiger partial charge in [-0.1, -0.05) is 20.8 Å². The molecule has 2 unspecified atom stereocenters. The van der Waals surface area contributed by atoms with E-state index < -0.39 is 0 Å². The van der Waals surface area contributed by atoms with Crippen molar-refractivity contribution in [2.75, 3.05) is 19.6 Å². The topological polar surface area (TPSA) is 46.3 Å². The molecule has 1 rings (SSSR count). The highest BCUT2D eigenvalue weighted by atomic mass is 16.2. The molecular weight excluding hydrogens is 200 g/mol. The summed E-state index contributed by atoms with van der Waals surface area (Å²) in [6.07, 6.45) is 3.56. The molecule has 1 aliphatic heterocycles. The van der Waals surface area contributed by atoms with E-state index in [4.69, 9.17) is 5.73 Å². The third-order valence-electron chi connectivity index (χ3n) is 3.80. The number of nitrogens with zero attached hydrogens (tertiary/aromatic N) is 1. The highest BCUT2D eigenvalue weighted by Crippen LogP contribution is 2.25. The number of nitrogens with two attached hydrogens (primary N) is 1. The van der Waals surface area contributed by atoms with Crippen molar-refractivity contribution in [2.45, 2.75) is 40.0 Å². The van der Waals surface area contributed by atoms with Gasteiger partial charge in [-0.25, -0.2) is 0 Å². The van der Waals surface area contributed by atoms with Crippen LogP contribution in [0.15, 0.2) is 0 Å². The monoisotopic (exact) mass is 226 g/mol. The molecule has 1 fully saturated rings. The molecule has 0 aromatic heterocycles. The normalized spacial score (nSPS) is 24.3. The summed E-state index contributed by atoms with van der Waals surface area (Å²) < 4.78 is 0. The van der Waals surface area contributed by atoms with E-state index in [1.165, 1.54) is 6.42 Å². The lowest BCUT2D eigenvalue weighted by Gasteiger charge is -2.24. The van der Waals surface area contributed by atoms with E-state index in [-0.39, 0.29) is 11.8 Å². The van der Waals surface area contributed by atoms with E-state index in [0.717, 1.165) is 37.8 Å². The Morgan fingerprint density at radius 1 is 1.31 bits per heavy atom. The molecule has 0 aliphatic carbocycles. The molecule has 2 atom stereocenters. The summed E-state index contributed by atoms with van der Waals surface area (Å²) in [6, 6.07) is 0. The molecule has 0 spiro atoms. The van der Waals surface area contributed by atoms with Gasteiger partial charge in [-0.3, -0.25) is 4.79 Å². The maximum atomic E-state index is 12.0. The van der Waals surface area contributed by atoms with E-state index >= 15 is 0 Å². The molecule has 3 heteroatoms. The minimum Gasteiger partial charge on any atom is -0.342 e. The lowest BCUT2D eigenvalue weighted by atomic mass is 9.89. The fourth-order valence-corrected chi connectivity index (χ4v) is 2.42. The smallest absolute Gasteiger partial charge is 0.226 e. The SMILES string of the molecule is CC(CN)C(=O)N1CCCC(C(C)C)CC1. The third kappa shape index (κ3) is 3.48. The first kappa shape index (κ1) is 13.5. The first-order valence-corrected chi connectivity index (χ1v) is 6.55. The molecule has 3 nitrogen and oxygen atoms in total. The largest absolute Gasteiger partial charge is 0.342 e. The quantitative estimate of drug-likeness (QED) is 0.798. The summed E-state index contributed by atoms with van der Waals surface area (Å²) in [5, 5.41) is 0. The van der Waals surface area contributed by atoms with Gasteiger partial charge < -0.3 is 10.6 Å². The fourth-order valence-electron chi connectivity index (χ4n) is 2.42. The zero-order valence-electron chi connectivity index (χ0n) is 10.9. The number of rotatable bonds is 3. The molecule has 1 heterocycles. The van der Waals surface area contributed by atoms with Crippen LogP contribution in [0.25, 0.3) is 0 Å². The maximum absolute atomic E-state index is 12.0. The molecule has 94 valence electrons. The van der Waals surface area contributed by atoms with Crippen molar-refractivity contribution in [2.24, 2.45) is 23.5 Å². The Bertz CT molecular complexity index is 228. The fraction of sp³-hybridized carbons (Fsp3) is 0.923. The van der Waals surface area contributed by atoms with E-state index in [1.54, 1.807) is 0 Å². The molecule has 0 bridgehead atoms. The number of carbonyl (C=O) groups is 1. The highest BCUT2D eigenvalue weighted by molar-refractivity contribution is 5.78. The van der Waals surface area contributed by atoms with Crippen molar-refractivity contribution in [1.82, 2.24) is 4.90 Å². The van der Waals surface area contributed by atoms with Crippen molar-refractivity contribution in [3.05, 3.63) is 0 Å². The average Bonchev–Trinajstić information content (AvgIpc) is 2.52. The maximum Gasteiger partial charge on any atom is 0.226 e. The Balaban J connectivity index is 2.50. The molecule has 2 N–H and O–H groups in total. The standard InChI is InChI=1S/C13H26N2O/c1-10(2)12-5-4-7-15(8-6-12)13(16)11(3)9-14/h10-12H,4-9,14H2,1-3H3. The zero-order valence-corrected chi connectivity index (χ0v) is 10.9. The van der Waals surface area contributed by atoms with Gasteiger partial charge in [0.15, 0.2) is 0 Å². The van der Waals surface area contributed by atoms with Gasteiger partial charge in [0.05, 0.1) is 0 Å². The van der Waals surface area contributed by atoms with Gasteiger partial charge in [-0.2, -0.15) is 0 Å². The minimum atomic E-state index is -0.0180. The van der Waals surface area contributed by atoms with Gasteiger partial charge in [-0.05, 0) is 31.1 Å². The Morgan fingerprint density at radius 2 is 2.00 bits per heavy atom. The van der Waals surface area contributed by atoms with Crippen LogP contribution in [0.4, 0.5) is 0 Å². The van der Waals surface area contributed by atoms with Crippen LogP contribution in [-0.2, 0) is 4.79 Å². The molecule has 1 aliphatic rings. The van der Waals surface area contributed by atoms with Gasteiger partial charge in [0.1, 0.15) is 0 Å². The molecule has 0 radical (unpaired) electrons. The number of amides is 1. The Hall–Kier alpha value is -0.570. The minimum absolute atomic E-state index is 0.0180. The average molecular weight is 226 g/mol. The summed E-state index contributed by atoms with van der Waals surface area (Å²) in [5.41, 5.74) is 5.55. The number of likely N-dealkylation sites (tertiary alicyclic amines) is 1. The molecule has 0 aromatic carbocycles. The lowest BCUT2D eigenvalue weighted by molar-refractivity contribution is -0.134.